The first-order valence-electron chi connectivity index (χ1n) is 8.68. The van der Waals surface area contributed by atoms with E-state index in [1.165, 1.54) is 4.57 Å². The summed E-state index contributed by atoms with van der Waals surface area (Å²) in [5, 5.41) is 0. The van der Waals surface area contributed by atoms with E-state index >= 15 is 0 Å². The van der Waals surface area contributed by atoms with Gasteiger partial charge in [0.15, 0.2) is 0 Å². The second-order valence-corrected chi connectivity index (χ2v) is 8.57. The monoisotopic (exact) mass is 392 g/mol. The van der Waals surface area contributed by atoms with Crippen molar-refractivity contribution in [1.29, 1.82) is 0 Å². The van der Waals surface area contributed by atoms with E-state index in [2.05, 4.69) is 4.98 Å². The maximum atomic E-state index is 12.9. The second kappa shape index (κ2) is 6.31. The summed E-state index contributed by atoms with van der Waals surface area (Å²) in [6.07, 6.45) is 5.08. The molecule has 1 aliphatic heterocycles. The first-order chi connectivity index (χ1) is 12.7. The van der Waals surface area contributed by atoms with Crippen molar-refractivity contribution in [3.63, 3.8) is 0 Å². The molecule has 0 spiro atoms. The topological polar surface area (TPSA) is 104 Å². The van der Waals surface area contributed by atoms with E-state index in [-0.39, 0.29) is 17.5 Å². The Morgan fingerprint density at radius 2 is 1.96 bits per heavy atom. The minimum absolute atomic E-state index is 0.254. The minimum Gasteiger partial charge on any atom is -0.330 e. The van der Waals surface area contributed by atoms with Crippen LogP contribution in [0.15, 0.2) is 29.5 Å². The number of nitrogens with zero attached hydrogens (tertiary/aromatic N) is 4. The predicted molar refractivity (Wildman–Crippen MR) is 96.3 cm³/mol. The summed E-state index contributed by atoms with van der Waals surface area (Å²) in [7, 11) is -3.58. The number of fused-ring (bicyclic) bond motifs is 1. The molecule has 9 nitrogen and oxygen atoms in total. The molecule has 2 atom stereocenters. The molecular weight excluding hydrogens is 372 g/mol. The van der Waals surface area contributed by atoms with Crippen LogP contribution in [-0.2, 0) is 20.8 Å². The highest BCUT2D eigenvalue weighted by molar-refractivity contribution is 7.86. The molecule has 2 aromatic rings. The van der Waals surface area contributed by atoms with Crippen LogP contribution in [0.4, 0.5) is 0 Å². The quantitative estimate of drug-likeness (QED) is 0.694. The van der Waals surface area contributed by atoms with Crippen LogP contribution in [-0.4, -0.2) is 58.3 Å². The smallest absolute Gasteiger partial charge is 0.275 e. The number of rotatable bonds is 4. The van der Waals surface area contributed by atoms with Crippen molar-refractivity contribution in [2.75, 3.05) is 12.8 Å². The first kappa shape index (κ1) is 17.9. The summed E-state index contributed by atoms with van der Waals surface area (Å²) in [5.41, 5.74) is 1.27. The second-order valence-electron chi connectivity index (χ2n) is 6.96. The Kier molecular flexibility index (Phi) is 4.19. The van der Waals surface area contributed by atoms with Gasteiger partial charge < -0.3 is 14.0 Å². The van der Waals surface area contributed by atoms with Crippen molar-refractivity contribution in [2.45, 2.75) is 38.5 Å². The molecule has 27 heavy (non-hydrogen) atoms. The number of carbonyl (C=O) groups excluding carboxylic acids is 1. The van der Waals surface area contributed by atoms with Crippen LogP contribution < -0.4 is 5.56 Å². The number of pyridine rings is 1. The van der Waals surface area contributed by atoms with Crippen molar-refractivity contribution in [1.82, 2.24) is 19.0 Å². The van der Waals surface area contributed by atoms with E-state index < -0.39 is 16.2 Å². The number of aromatic nitrogens is 3. The number of carbonyl (C=O) groups is 1. The lowest BCUT2D eigenvalue weighted by atomic mass is 9.87. The van der Waals surface area contributed by atoms with Gasteiger partial charge in [-0.1, -0.05) is 0 Å². The molecule has 4 rings (SSSR count). The molecule has 0 unspecified atom stereocenters. The third kappa shape index (κ3) is 3.19. The zero-order chi connectivity index (χ0) is 19.3. The van der Waals surface area contributed by atoms with Gasteiger partial charge in [0.1, 0.15) is 11.4 Å². The van der Waals surface area contributed by atoms with Crippen LogP contribution in [0.3, 0.4) is 0 Å². The van der Waals surface area contributed by atoms with Gasteiger partial charge in [-0.15, -0.1) is 0 Å². The summed E-state index contributed by atoms with van der Waals surface area (Å²) >= 11 is 0. The Labute approximate surface area is 156 Å². The van der Waals surface area contributed by atoms with Crippen LogP contribution in [0.1, 0.15) is 29.0 Å². The van der Waals surface area contributed by atoms with Gasteiger partial charge in [0.25, 0.3) is 21.6 Å². The molecule has 10 heteroatoms. The van der Waals surface area contributed by atoms with Crippen LogP contribution in [0, 0.1) is 6.92 Å². The highest BCUT2D eigenvalue weighted by Crippen LogP contribution is 2.31. The molecule has 1 aliphatic carbocycles. The van der Waals surface area contributed by atoms with Gasteiger partial charge in [0.05, 0.1) is 30.4 Å². The van der Waals surface area contributed by atoms with Crippen molar-refractivity contribution in [3.05, 3.63) is 46.4 Å². The number of imidazole rings is 1. The molecule has 1 fully saturated rings. The van der Waals surface area contributed by atoms with E-state index in [1.54, 1.807) is 34.1 Å². The summed E-state index contributed by atoms with van der Waals surface area (Å²) in [4.78, 5) is 31.5. The van der Waals surface area contributed by atoms with Crippen LogP contribution in [0.5, 0.6) is 0 Å². The molecule has 0 bridgehead atoms. The Hall–Kier alpha value is -2.46. The van der Waals surface area contributed by atoms with Gasteiger partial charge in [-0.3, -0.25) is 13.8 Å². The largest absolute Gasteiger partial charge is 0.330 e. The van der Waals surface area contributed by atoms with E-state index in [1.807, 2.05) is 6.92 Å². The first-order valence-corrected chi connectivity index (χ1v) is 10.5. The fourth-order valence-electron chi connectivity index (χ4n) is 3.64. The maximum Gasteiger partial charge on any atom is 0.275 e. The molecule has 0 radical (unpaired) electrons. The highest BCUT2D eigenvalue weighted by Gasteiger charge is 2.42. The van der Waals surface area contributed by atoms with Crippen molar-refractivity contribution in [2.24, 2.45) is 0 Å². The van der Waals surface area contributed by atoms with E-state index in [4.69, 9.17) is 4.18 Å². The average Bonchev–Trinajstić information content (AvgIpc) is 3.00. The van der Waals surface area contributed by atoms with Gasteiger partial charge in [-0.05, 0) is 31.9 Å². The third-order valence-electron chi connectivity index (χ3n) is 5.06. The number of aryl methyl sites for hydroxylation is 1. The van der Waals surface area contributed by atoms with Gasteiger partial charge in [0, 0.05) is 19.3 Å². The predicted octanol–water partition coefficient (Wildman–Crippen LogP) is 0.305. The third-order valence-corrected chi connectivity index (χ3v) is 5.66. The Balaban J connectivity index is 1.62. The van der Waals surface area contributed by atoms with Gasteiger partial charge >= 0.3 is 0 Å². The number of hydrogen-bond acceptors (Lipinski definition) is 6. The standard InChI is InChI=1S/C17H20N4O5S/c1-11-9-19(10-18-11)13-3-4-14-17(23)20(7-8-21(14)16(13)22)12-5-6-15(12)26-27(2,24)25/h3-4,9-10,12,15H,5-8H2,1-2H3/t12-,15+/m0/s1. The molecule has 1 saturated carbocycles. The van der Waals surface area contributed by atoms with Crippen LogP contribution >= 0.6 is 0 Å². The van der Waals surface area contributed by atoms with Crippen molar-refractivity contribution in [3.8, 4) is 5.69 Å². The van der Waals surface area contributed by atoms with Gasteiger partial charge in [-0.2, -0.15) is 8.42 Å². The molecule has 3 heterocycles. The molecule has 0 saturated heterocycles. The Morgan fingerprint density at radius 3 is 2.56 bits per heavy atom. The van der Waals surface area contributed by atoms with Gasteiger partial charge in [0.2, 0.25) is 0 Å². The molecule has 1 amide bonds. The fraction of sp³-hybridized carbons (Fsp3) is 0.471. The zero-order valence-corrected chi connectivity index (χ0v) is 15.8. The molecule has 2 aliphatic rings. The lowest BCUT2D eigenvalue weighted by Crippen LogP contribution is -2.58. The maximum absolute atomic E-state index is 12.9. The molecule has 0 N–H and O–H groups in total. The average molecular weight is 392 g/mol. The molecule has 2 aromatic heterocycles. The SMILES string of the molecule is Cc1cn(-c2ccc3n(c2=O)CCN([C@H]2CC[C@H]2OS(C)(=O)=O)C3=O)cn1. The Morgan fingerprint density at radius 1 is 1.19 bits per heavy atom. The Bertz CT molecular complexity index is 1070. The number of hydrogen-bond donors (Lipinski definition) is 0. The zero-order valence-electron chi connectivity index (χ0n) is 15.0. The minimum atomic E-state index is -3.58. The van der Waals surface area contributed by atoms with Crippen molar-refractivity contribution < 1.29 is 17.4 Å². The van der Waals surface area contributed by atoms with E-state index in [0.717, 1.165) is 11.9 Å². The summed E-state index contributed by atoms with van der Waals surface area (Å²) < 4.78 is 31.0. The highest BCUT2D eigenvalue weighted by atomic mass is 32.2. The van der Waals surface area contributed by atoms with E-state index in [9.17, 15) is 18.0 Å². The van der Waals surface area contributed by atoms with E-state index in [0.29, 0.717) is 37.3 Å². The summed E-state index contributed by atoms with van der Waals surface area (Å²) in [6, 6.07) is 2.96. The van der Waals surface area contributed by atoms with Gasteiger partial charge in [-0.25, -0.2) is 4.98 Å². The molecule has 144 valence electrons. The fourth-order valence-corrected chi connectivity index (χ4v) is 4.32. The summed E-state index contributed by atoms with van der Waals surface area (Å²) in [5.74, 6) is -0.279. The van der Waals surface area contributed by atoms with Crippen molar-refractivity contribution >= 4 is 16.0 Å². The van der Waals surface area contributed by atoms with Crippen LogP contribution in [0.2, 0.25) is 0 Å². The molecule has 0 aromatic carbocycles. The molecular formula is C17H20N4O5S. The summed E-state index contributed by atoms with van der Waals surface area (Å²) in [6.45, 7) is 2.53. The lowest BCUT2D eigenvalue weighted by Gasteiger charge is -2.45. The number of amides is 1. The normalized spacial score (nSPS) is 22.4. The lowest BCUT2D eigenvalue weighted by molar-refractivity contribution is -0.00233. The van der Waals surface area contributed by atoms with Crippen LogP contribution in [0.25, 0.3) is 5.69 Å².